The lowest BCUT2D eigenvalue weighted by molar-refractivity contribution is 0.0277. The van der Waals surface area contributed by atoms with Crippen molar-refractivity contribution < 1.29 is 14.2 Å². The van der Waals surface area contributed by atoms with Crippen LogP contribution in [0.4, 0.5) is 5.69 Å². The van der Waals surface area contributed by atoms with Gasteiger partial charge < -0.3 is 24.8 Å². The predicted molar refractivity (Wildman–Crippen MR) is 102 cm³/mol. The minimum Gasteiger partial charge on any atom is -0.493 e. The first kappa shape index (κ1) is 19.4. The highest BCUT2D eigenvalue weighted by Crippen LogP contribution is 2.29. The van der Waals surface area contributed by atoms with Gasteiger partial charge in [-0.25, -0.2) is 0 Å². The molecule has 0 unspecified atom stereocenters. The minimum absolute atomic E-state index is 0.470. The Kier molecular flexibility index (Phi) is 8.39. The van der Waals surface area contributed by atoms with Crippen molar-refractivity contribution in [1.82, 2.24) is 5.32 Å². The molecule has 140 valence electrons. The van der Waals surface area contributed by atoms with Crippen LogP contribution in [-0.4, -0.2) is 46.5 Å². The molecular weight excluding hydrogens is 318 g/mol. The molecule has 0 bridgehead atoms. The van der Waals surface area contributed by atoms with E-state index in [1.165, 1.54) is 32.1 Å². The Morgan fingerprint density at radius 1 is 1.12 bits per heavy atom. The molecule has 1 fully saturated rings. The highest BCUT2D eigenvalue weighted by Gasteiger charge is 2.13. The summed E-state index contributed by atoms with van der Waals surface area (Å²) in [5, 5.41) is 6.57. The summed E-state index contributed by atoms with van der Waals surface area (Å²) in [6.07, 6.45) is 7.85. The molecule has 6 nitrogen and oxygen atoms in total. The van der Waals surface area contributed by atoms with Crippen molar-refractivity contribution in [2.75, 3.05) is 39.7 Å². The van der Waals surface area contributed by atoms with Crippen molar-refractivity contribution in [3.63, 3.8) is 0 Å². The molecule has 0 heterocycles. The van der Waals surface area contributed by atoms with E-state index in [0.29, 0.717) is 17.6 Å². The first-order chi connectivity index (χ1) is 12.3. The molecule has 1 aliphatic carbocycles. The number of aliphatic imine (C=N–C) groups is 1. The van der Waals surface area contributed by atoms with Crippen LogP contribution < -0.4 is 20.1 Å². The molecule has 0 atom stereocenters. The van der Waals surface area contributed by atoms with Gasteiger partial charge in [0.2, 0.25) is 0 Å². The average Bonchev–Trinajstić information content (AvgIpc) is 2.67. The van der Waals surface area contributed by atoms with Gasteiger partial charge >= 0.3 is 0 Å². The second-order valence-corrected chi connectivity index (χ2v) is 6.18. The largest absolute Gasteiger partial charge is 0.493 e. The molecule has 1 aromatic carbocycles. The lowest BCUT2D eigenvalue weighted by Crippen LogP contribution is -2.32. The van der Waals surface area contributed by atoms with Gasteiger partial charge in [-0.2, -0.15) is 0 Å². The quantitative estimate of drug-likeness (QED) is 0.428. The van der Waals surface area contributed by atoms with E-state index in [0.717, 1.165) is 31.2 Å². The SMILES string of the molecule is CN=C(NCCCOC1CCCCC1)Nc1ccc(OC)c(OC)c1. The first-order valence-corrected chi connectivity index (χ1v) is 9.08. The van der Waals surface area contributed by atoms with Gasteiger partial charge in [0.05, 0.1) is 20.3 Å². The molecule has 0 saturated heterocycles. The van der Waals surface area contributed by atoms with Crippen LogP contribution in [0.2, 0.25) is 0 Å². The number of anilines is 1. The Bertz CT molecular complexity index is 543. The third-order valence-corrected chi connectivity index (χ3v) is 4.39. The van der Waals surface area contributed by atoms with Crippen molar-refractivity contribution in [3.05, 3.63) is 18.2 Å². The van der Waals surface area contributed by atoms with Crippen LogP contribution in [0.3, 0.4) is 0 Å². The van der Waals surface area contributed by atoms with Gasteiger partial charge in [0.1, 0.15) is 0 Å². The normalized spacial score (nSPS) is 15.7. The van der Waals surface area contributed by atoms with Gasteiger partial charge in [0.15, 0.2) is 17.5 Å². The van der Waals surface area contributed by atoms with E-state index in [1.807, 2.05) is 18.2 Å². The van der Waals surface area contributed by atoms with Crippen LogP contribution in [0.15, 0.2) is 23.2 Å². The van der Waals surface area contributed by atoms with Gasteiger partial charge in [-0.15, -0.1) is 0 Å². The van der Waals surface area contributed by atoms with Gasteiger partial charge in [0.25, 0.3) is 0 Å². The number of hydrogen-bond acceptors (Lipinski definition) is 4. The number of ether oxygens (including phenoxy) is 3. The molecule has 25 heavy (non-hydrogen) atoms. The van der Waals surface area contributed by atoms with E-state index in [2.05, 4.69) is 15.6 Å². The zero-order valence-electron chi connectivity index (χ0n) is 15.6. The monoisotopic (exact) mass is 349 g/mol. The van der Waals surface area contributed by atoms with Crippen molar-refractivity contribution in [2.45, 2.75) is 44.6 Å². The van der Waals surface area contributed by atoms with Gasteiger partial charge in [-0.3, -0.25) is 4.99 Å². The Labute approximate surface area is 151 Å². The third kappa shape index (κ3) is 6.46. The molecule has 1 saturated carbocycles. The van der Waals surface area contributed by atoms with Crippen molar-refractivity contribution in [1.29, 1.82) is 0 Å². The van der Waals surface area contributed by atoms with Gasteiger partial charge in [-0.05, 0) is 31.4 Å². The van der Waals surface area contributed by atoms with E-state index >= 15 is 0 Å². The number of methoxy groups -OCH3 is 2. The van der Waals surface area contributed by atoms with Crippen molar-refractivity contribution in [3.8, 4) is 11.5 Å². The smallest absolute Gasteiger partial charge is 0.195 e. The predicted octanol–water partition coefficient (Wildman–Crippen LogP) is 3.43. The highest BCUT2D eigenvalue weighted by molar-refractivity contribution is 5.93. The fourth-order valence-electron chi connectivity index (χ4n) is 2.99. The second-order valence-electron chi connectivity index (χ2n) is 6.18. The van der Waals surface area contributed by atoms with Crippen LogP contribution in [-0.2, 0) is 4.74 Å². The summed E-state index contributed by atoms with van der Waals surface area (Å²) in [5.74, 6) is 2.12. The Hall–Kier alpha value is -1.95. The lowest BCUT2D eigenvalue weighted by atomic mass is 9.98. The number of hydrogen-bond donors (Lipinski definition) is 2. The Morgan fingerprint density at radius 2 is 1.88 bits per heavy atom. The van der Waals surface area contributed by atoms with Crippen molar-refractivity contribution in [2.24, 2.45) is 4.99 Å². The molecule has 0 amide bonds. The molecule has 1 aromatic rings. The van der Waals surface area contributed by atoms with E-state index in [-0.39, 0.29) is 0 Å². The summed E-state index contributed by atoms with van der Waals surface area (Å²) in [6.45, 7) is 1.62. The van der Waals surface area contributed by atoms with E-state index < -0.39 is 0 Å². The maximum atomic E-state index is 5.94. The maximum Gasteiger partial charge on any atom is 0.195 e. The Morgan fingerprint density at radius 3 is 2.56 bits per heavy atom. The number of benzene rings is 1. The molecule has 2 N–H and O–H groups in total. The molecule has 0 aliphatic heterocycles. The van der Waals surface area contributed by atoms with Crippen LogP contribution in [0.1, 0.15) is 38.5 Å². The maximum absolute atomic E-state index is 5.94. The summed E-state index contributed by atoms with van der Waals surface area (Å²) in [6, 6.07) is 5.69. The standard InChI is InChI=1S/C19H31N3O3/c1-20-19(21-12-7-13-25-16-8-5-4-6-9-16)22-15-10-11-17(23-2)18(14-15)24-3/h10-11,14,16H,4-9,12-13H2,1-3H3,(H2,20,21,22). The molecule has 0 radical (unpaired) electrons. The van der Waals surface area contributed by atoms with Crippen LogP contribution in [0.25, 0.3) is 0 Å². The molecule has 0 aromatic heterocycles. The fraction of sp³-hybridized carbons (Fsp3) is 0.632. The minimum atomic E-state index is 0.470. The van der Waals surface area contributed by atoms with Crippen molar-refractivity contribution >= 4 is 11.6 Å². The zero-order chi connectivity index (χ0) is 17.9. The topological polar surface area (TPSA) is 64.1 Å². The summed E-state index contributed by atoms with van der Waals surface area (Å²) < 4.78 is 16.5. The lowest BCUT2D eigenvalue weighted by Gasteiger charge is -2.22. The summed E-state index contributed by atoms with van der Waals surface area (Å²) in [7, 11) is 5.01. The highest BCUT2D eigenvalue weighted by atomic mass is 16.5. The molecule has 1 aliphatic rings. The molecule has 0 spiro atoms. The summed E-state index contributed by atoms with van der Waals surface area (Å²) in [4.78, 5) is 4.25. The Balaban J connectivity index is 1.71. The summed E-state index contributed by atoms with van der Waals surface area (Å²) in [5.41, 5.74) is 0.893. The van der Waals surface area contributed by atoms with Gasteiger partial charge in [-0.1, -0.05) is 19.3 Å². The number of nitrogens with one attached hydrogen (secondary N) is 2. The average molecular weight is 349 g/mol. The fourth-order valence-corrected chi connectivity index (χ4v) is 2.99. The van der Waals surface area contributed by atoms with Crippen LogP contribution in [0.5, 0.6) is 11.5 Å². The van der Waals surface area contributed by atoms with E-state index in [4.69, 9.17) is 14.2 Å². The second kappa shape index (κ2) is 10.8. The molecular formula is C19H31N3O3. The van der Waals surface area contributed by atoms with E-state index in [9.17, 15) is 0 Å². The van der Waals surface area contributed by atoms with Crippen LogP contribution in [0, 0.1) is 0 Å². The van der Waals surface area contributed by atoms with E-state index in [1.54, 1.807) is 21.3 Å². The number of rotatable bonds is 8. The molecule has 6 heteroatoms. The number of nitrogens with zero attached hydrogens (tertiary/aromatic N) is 1. The third-order valence-electron chi connectivity index (χ3n) is 4.39. The first-order valence-electron chi connectivity index (χ1n) is 9.08. The summed E-state index contributed by atoms with van der Waals surface area (Å²) >= 11 is 0. The van der Waals surface area contributed by atoms with Crippen LogP contribution >= 0.6 is 0 Å². The van der Waals surface area contributed by atoms with Gasteiger partial charge in [0, 0.05) is 32.0 Å². The molecule has 2 rings (SSSR count). The number of guanidine groups is 1. The zero-order valence-corrected chi connectivity index (χ0v) is 15.6.